The minimum atomic E-state index is -0.00248. The van der Waals surface area contributed by atoms with Crippen LogP contribution < -0.4 is 5.32 Å². The molecule has 102 valence electrons. The third kappa shape index (κ3) is 3.53. The number of carbonyl (C=O) groups excluding carboxylic acids is 1. The number of aryl methyl sites for hydroxylation is 1. The average molecular weight is 269 g/mol. The van der Waals surface area contributed by atoms with Crippen LogP contribution in [0.5, 0.6) is 0 Å². The lowest BCUT2D eigenvalue weighted by Crippen LogP contribution is -2.32. The molecule has 1 N–H and O–H groups in total. The Labute approximate surface area is 113 Å². The van der Waals surface area contributed by atoms with E-state index >= 15 is 0 Å². The van der Waals surface area contributed by atoms with E-state index in [9.17, 15) is 4.79 Å². The molecule has 0 bridgehead atoms. The van der Waals surface area contributed by atoms with E-state index in [-0.39, 0.29) is 11.3 Å². The Morgan fingerprint density at radius 2 is 2.06 bits per heavy atom. The van der Waals surface area contributed by atoms with Crippen LogP contribution in [0.2, 0.25) is 0 Å². The number of aromatic nitrogens is 1. The highest BCUT2D eigenvalue weighted by molar-refractivity contribution is 7.14. The van der Waals surface area contributed by atoms with E-state index in [1.807, 2.05) is 21.0 Å². The van der Waals surface area contributed by atoms with Crippen molar-refractivity contribution in [1.82, 2.24) is 15.2 Å². The molecule has 0 aliphatic rings. The number of hydrogen-bond acceptors (Lipinski definition) is 4. The van der Waals surface area contributed by atoms with Gasteiger partial charge in [-0.2, -0.15) is 0 Å². The second-order valence-electron chi connectivity index (χ2n) is 5.51. The number of carbonyl (C=O) groups is 1. The third-order valence-electron chi connectivity index (χ3n) is 2.68. The van der Waals surface area contributed by atoms with Crippen LogP contribution in [0.15, 0.2) is 0 Å². The molecule has 1 aromatic heterocycles. The number of thiazole rings is 1. The highest BCUT2D eigenvalue weighted by atomic mass is 32.1. The molecular weight excluding hydrogens is 246 g/mol. The van der Waals surface area contributed by atoms with Gasteiger partial charge in [0.05, 0.1) is 10.7 Å². The molecule has 0 aliphatic heterocycles. The Morgan fingerprint density at radius 1 is 1.44 bits per heavy atom. The van der Waals surface area contributed by atoms with E-state index in [4.69, 9.17) is 0 Å². The average Bonchev–Trinajstić information content (AvgIpc) is 2.66. The fourth-order valence-corrected chi connectivity index (χ4v) is 2.59. The lowest BCUT2D eigenvalue weighted by molar-refractivity contribution is 0.0800. The summed E-state index contributed by atoms with van der Waals surface area (Å²) in [5.74, 6) is 0.0655. The molecule has 0 saturated heterocycles. The normalized spacial score (nSPS) is 11.7. The second kappa shape index (κ2) is 5.80. The van der Waals surface area contributed by atoms with Gasteiger partial charge < -0.3 is 10.2 Å². The Kier molecular flexibility index (Phi) is 4.87. The highest BCUT2D eigenvalue weighted by Gasteiger charge is 2.24. The van der Waals surface area contributed by atoms with E-state index < -0.39 is 0 Å². The lowest BCUT2D eigenvalue weighted by atomic mass is 9.98. The van der Waals surface area contributed by atoms with Gasteiger partial charge in [-0.3, -0.25) is 4.79 Å². The summed E-state index contributed by atoms with van der Waals surface area (Å²) in [6, 6.07) is 0. The van der Waals surface area contributed by atoms with Gasteiger partial charge in [-0.1, -0.05) is 20.8 Å². The molecule has 0 saturated carbocycles. The molecule has 0 fully saturated rings. The first-order chi connectivity index (χ1) is 8.27. The number of rotatable bonds is 4. The molecule has 1 heterocycles. The minimum absolute atomic E-state index is 0.00248. The van der Waals surface area contributed by atoms with Crippen molar-refractivity contribution in [2.24, 2.45) is 0 Å². The fraction of sp³-hybridized carbons (Fsp3) is 0.692. The van der Waals surface area contributed by atoms with Gasteiger partial charge in [-0.25, -0.2) is 4.98 Å². The first kappa shape index (κ1) is 15.1. The summed E-state index contributed by atoms with van der Waals surface area (Å²) in [5, 5.41) is 4.06. The van der Waals surface area contributed by atoms with Crippen LogP contribution in [0.1, 0.15) is 41.1 Å². The van der Waals surface area contributed by atoms with E-state index in [0.29, 0.717) is 6.54 Å². The number of hydrogen-bond donors (Lipinski definition) is 1. The Bertz CT molecular complexity index is 420. The van der Waals surface area contributed by atoms with Crippen molar-refractivity contribution in [3.8, 4) is 0 Å². The van der Waals surface area contributed by atoms with Crippen molar-refractivity contribution >= 4 is 17.2 Å². The van der Waals surface area contributed by atoms with Crippen LogP contribution in [0.25, 0.3) is 0 Å². The summed E-state index contributed by atoms with van der Waals surface area (Å²) in [4.78, 5) is 19.3. The van der Waals surface area contributed by atoms with Gasteiger partial charge in [-0.05, 0) is 14.0 Å². The van der Waals surface area contributed by atoms with Gasteiger partial charge in [0.2, 0.25) is 0 Å². The summed E-state index contributed by atoms with van der Waals surface area (Å²) < 4.78 is 0. The van der Waals surface area contributed by atoms with Crippen LogP contribution in [0.4, 0.5) is 0 Å². The number of amides is 1. The Balaban J connectivity index is 2.90. The van der Waals surface area contributed by atoms with Crippen molar-refractivity contribution in [2.75, 3.05) is 27.2 Å². The van der Waals surface area contributed by atoms with E-state index in [1.165, 1.54) is 11.3 Å². The third-order valence-corrected chi connectivity index (χ3v) is 4.25. The summed E-state index contributed by atoms with van der Waals surface area (Å²) >= 11 is 1.51. The molecule has 0 radical (unpaired) electrons. The van der Waals surface area contributed by atoms with Crippen molar-refractivity contribution in [3.05, 3.63) is 15.6 Å². The van der Waals surface area contributed by atoms with Gasteiger partial charge >= 0.3 is 0 Å². The molecule has 1 rings (SSSR count). The van der Waals surface area contributed by atoms with Gasteiger partial charge in [0.1, 0.15) is 4.88 Å². The predicted molar refractivity (Wildman–Crippen MR) is 76.4 cm³/mol. The zero-order chi connectivity index (χ0) is 13.9. The Hall–Kier alpha value is -0.940. The fourth-order valence-electron chi connectivity index (χ4n) is 1.47. The lowest BCUT2D eigenvalue weighted by Gasteiger charge is -2.16. The SMILES string of the molecule is CNCCN(C)C(=O)c1sc(C(C)(C)C)nc1C. The molecule has 18 heavy (non-hydrogen) atoms. The van der Waals surface area contributed by atoms with Gasteiger partial charge in [-0.15, -0.1) is 11.3 Å². The van der Waals surface area contributed by atoms with E-state index in [2.05, 4.69) is 31.1 Å². The molecule has 5 heteroatoms. The standard InChI is InChI=1S/C13H23N3OS/c1-9-10(11(17)16(6)8-7-14-5)18-12(15-9)13(2,3)4/h14H,7-8H2,1-6H3. The summed E-state index contributed by atoms with van der Waals surface area (Å²) in [7, 11) is 3.71. The molecule has 0 aliphatic carbocycles. The zero-order valence-electron chi connectivity index (χ0n) is 12.1. The first-order valence-corrected chi connectivity index (χ1v) is 6.97. The second-order valence-corrected chi connectivity index (χ2v) is 6.51. The summed E-state index contributed by atoms with van der Waals surface area (Å²) in [6.07, 6.45) is 0. The quantitative estimate of drug-likeness (QED) is 0.910. The molecule has 0 spiro atoms. The summed E-state index contributed by atoms with van der Waals surface area (Å²) in [6.45, 7) is 9.76. The van der Waals surface area contributed by atoms with Crippen molar-refractivity contribution in [2.45, 2.75) is 33.1 Å². The topological polar surface area (TPSA) is 45.2 Å². The molecule has 4 nitrogen and oxygen atoms in total. The van der Waals surface area contributed by atoms with Crippen LogP contribution in [-0.4, -0.2) is 43.0 Å². The molecular formula is C13H23N3OS. The van der Waals surface area contributed by atoms with Crippen molar-refractivity contribution in [3.63, 3.8) is 0 Å². The number of nitrogens with zero attached hydrogens (tertiary/aromatic N) is 2. The van der Waals surface area contributed by atoms with Crippen molar-refractivity contribution in [1.29, 1.82) is 0 Å². The van der Waals surface area contributed by atoms with Crippen LogP contribution in [0.3, 0.4) is 0 Å². The molecule has 1 aromatic rings. The molecule has 0 atom stereocenters. The highest BCUT2D eigenvalue weighted by Crippen LogP contribution is 2.29. The maximum atomic E-state index is 12.3. The maximum absolute atomic E-state index is 12.3. The maximum Gasteiger partial charge on any atom is 0.265 e. The predicted octanol–water partition coefficient (Wildman–Crippen LogP) is 2.04. The van der Waals surface area contributed by atoms with E-state index in [1.54, 1.807) is 4.90 Å². The molecule has 0 aromatic carbocycles. The molecule has 0 unspecified atom stereocenters. The first-order valence-electron chi connectivity index (χ1n) is 6.15. The van der Waals surface area contributed by atoms with Gasteiger partial charge in [0.15, 0.2) is 0 Å². The smallest absolute Gasteiger partial charge is 0.265 e. The minimum Gasteiger partial charge on any atom is -0.340 e. The largest absolute Gasteiger partial charge is 0.340 e. The monoisotopic (exact) mass is 269 g/mol. The van der Waals surface area contributed by atoms with Crippen LogP contribution in [-0.2, 0) is 5.41 Å². The van der Waals surface area contributed by atoms with Gasteiger partial charge in [0.25, 0.3) is 5.91 Å². The zero-order valence-corrected chi connectivity index (χ0v) is 12.9. The van der Waals surface area contributed by atoms with Crippen molar-refractivity contribution < 1.29 is 4.79 Å². The van der Waals surface area contributed by atoms with E-state index in [0.717, 1.165) is 22.1 Å². The number of likely N-dealkylation sites (N-methyl/N-ethyl adjacent to an activating group) is 2. The van der Waals surface area contributed by atoms with Gasteiger partial charge in [0, 0.05) is 25.6 Å². The molecule has 1 amide bonds. The van der Waals surface area contributed by atoms with Crippen LogP contribution in [0, 0.1) is 6.92 Å². The Morgan fingerprint density at radius 3 is 2.50 bits per heavy atom. The summed E-state index contributed by atoms with van der Waals surface area (Å²) in [5.41, 5.74) is 0.837. The van der Waals surface area contributed by atoms with Crippen LogP contribution >= 0.6 is 11.3 Å². The number of nitrogens with one attached hydrogen (secondary N) is 1.